The summed E-state index contributed by atoms with van der Waals surface area (Å²) in [6.07, 6.45) is 3.05. The molecule has 0 aliphatic rings. The second-order valence-corrected chi connectivity index (χ2v) is 3.01. The maximum atomic E-state index is 3.92. The van der Waals surface area contributed by atoms with Crippen LogP contribution in [0.25, 0.3) is 0 Å². The number of hydrogen-bond donors (Lipinski definition) is 0. The third-order valence-corrected chi connectivity index (χ3v) is 1.43. The van der Waals surface area contributed by atoms with Crippen LogP contribution in [0.1, 0.15) is 20.3 Å². The molecule has 0 fully saturated rings. The average Bonchev–Trinajstić information content (AvgIpc) is 2.08. The van der Waals surface area contributed by atoms with Crippen molar-refractivity contribution < 1.29 is 0 Å². The van der Waals surface area contributed by atoms with Crippen molar-refractivity contribution >= 4 is 6.34 Å². The molecule has 0 amide bonds. The molecule has 0 spiro atoms. The number of nitrogens with zero attached hydrogens (tertiary/aromatic N) is 3. The zero-order valence-electron chi connectivity index (χ0n) is 10.0. The van der Waals surface area contributed by atoms with Crippen molar-refractivity contribution in [2.75, 3.05) is 41.3 Å². The first-order chi connectivity index (χ1) is 6.16. The largest absolute Gasteiger partial charge is 0.366 e. The van der Waals surface area contributed by atoms with Gasteiger partial charge in [-0.2, -0.15) is 0 Å². The van der Waals surface area contributed by atoms with E-state index in [1.165, 1.54) is 6.42 Å². The molecule has 0 atom stereocenters. The highest BCUT2D eigenvalue weighted by molar-refractivity contribution is 5.53. The van der Waals surface area contributed by atoms with Gasteiger partial charge >= 0.3 is 0 Å². The van der Waals surface area contributed by atoms with Crippen LogP contribution in [-0.2, 0) is 0 Å². The van der Waals surface area contributed by atoms with Crippen LogP contribution in [0.5, 0.6) is 0 Å². The molecular formula is C10H25N3. The molecule has 13 heavy (non-hydrogen) atoms. The Morgan fingerprint density at radius 2 is 1.62 bits per heavy atom. The van der Waals surface area contributed by atoms with Gasteiger partial charge in [-0.05, 0) is 27.1 Å². The van der Waals surface area contributed by atoms with Crippen molar-refractivity contribution in [2.45, 2.75) is 20.3 Å². The third kappa shape index (κ3) is 14.3. The minimum Gasteiger partial charge on any atom is -0.366 e. The van der Waals surface area contributed by atoms with Crippen LogP contribution in [0, 0.1) is 0 Å². The van der Waals surface area contributed by atoms with Gasteiger partial charge in [-0.25, -0.2) is 0 Å². The summed E-state index contributed by atoms with van der Waals surface area (Å²) in [6.45, 7) is 6.22. The summed E-state index contributed by atoms with van der Waals surface area (Å²) >= 11 is 0. The van der Waals surface area contributed by atoms with Gasteiger partial charge in [-0.1, -0.05) is 13.8 Å². The molecule has 0 bridgehead atoms. The van der Waals surface area contributed by atoms with Crippen molar-refractivity contribution in [3.63, 3.8) is 0 Å². The molecule has 3 heteroatoms. The Morgan fingerprint density at radius 1 is 1.08 bits per heavy atom. The lowest BCUT2D eigenvalue weighted by Crippen LogP contribution is -2.22. The van der Waals surface area contributed by atoms with Crippen molar-refractivity contribution in [2.24, 2.45) is 4.99 Å². The van der Waals surface area contributed by atoms with E-state index in [0.717, 1.165) is 13.1 Å². The first kappa shape index (κ1) is 14.9. The Labute approximate surface area is 83.4 Å². The highest BCUT2D eigenvalue weighted by atomic mass is 15.1. The van der Waals surface area contributed by atoms with Gasteiger partial charge in [0, 0.05) is 20.6 Å². The van der Waals surface area contributed by atoms with E-state index in [1.54, 1.807) is 7.05 Å². The normalized spacial score (nSPS) is 10.1. The van der Waals surface area contributed by atoms with Gasteiger partial charge in [-0.3, -0.25) is 4.99 Å². The molecule has 0 aromatic heterocycles. The van der Waals surface area contributed by atoms with Crippen LogP contribution in [0.4, 0.5) is 0 Å². The molecule has 0 saturated heterocycles. The molecule has 0 aliphatic heterocycles. The molecule has 0 unspecified atom stereocenters. The summed E-state index contributed by atoms with van der Waals surface area (Å²) in [5.41, 5.74) is 0. The molecule has 0 aliphatic carbocycles. The van der Waals surface area contributed by atoms with Gasteiger partial charge in [0.25, 0.3) is 0 Å². The second kappa shape index (κ2) is 11.4. The maximum absolute atomic E-state index is 3.92. The molecular weight excluding hydrogens is 162 g/mol. The van der Waals surface area contributed by atoms with E-state index < -0.39 is 0 Å². The fourth-order valence-electron chi connectivity index (χ4n) is 0.891. The van der Waals surface area contributed by atoms with Crippen LogP contribution >= 0.6 is 0 Å². The van der Waals surface area contributed by atoms with Crippen LogP contribution in [0.2, 0.25) is 0 Å². The summed E-state index contributed by atoms with van der Waals surface area (Å²) in [5.74, 6) is 0. The molecule has 0 saturated carbocycles. The third-order valence-electron chi connectivity index (χ3n) is 1.43. The standard InChI is InChI=1S/C8H19N3.C2H6/c1-9-8-11(4)7-5-6-10(2)3;1-2/h8H,5-7H2,1-4H3;1-2H3. The van der Waals surface area contributed by atoms with Crippen LogP contribution in [-0.4, -0.2) is 57.4 Å². The molecule has 0 aromatic carbocycles. The molecule has 0 N–H and O–H groups in total. The smallest absolute Gasteiger partial charge is 0.0843 e. The maximum Gasteiger partial charge on any atom is 0.0843 e. The predicted molar refractivity (Wildman–Crippen MR) is 61.6 cm³/mol. The molecule has 80 valence electrons. The van der Waals surface area contributed by atoms with Gasteiger partial charge in [0.1, 0.15) is 0 Å². The van der Waals surface area contributed by atoms with E-state index in [-0.39, 0.29) is 0 Å². The summed E-state index contributed by atoms with van der Waals surface area (Å²) in [6, 6.07) is 0. The van der Waals surface area contributed by atoms with Gasteiger partial charge in [0.2, 0.25) is 0 Å². The van der Waals surface area contributed by atoms with E-state index in [4.69, 9.17) is 0 Å². The number of hydrogen-bond acceptors (Lipinski definition) is 2. The minimum atomic E-state index is 1.08. The topological polar surface area (TPSA) is 18.8 Å². The molecule has 0 rings (SSSR count). The monoisotopic (exact) mass is 187 g/mol. The lowest BCUT2D eigenvalue weighted by molar-refractivity contribution is 0.372. The zero-order chi connectivity index (χ0) is 10.7. The Bertz CT molecular complexity index is 111. The zero-order valence-corrected chi connectivity index (χ0v) is 10.0. The lowest BCUT2D eigenvalue weighted by Gasteiger charge is -2.14. The lowest BCUT2D eigenvalue weighted by atomic mass is 10.4. The Morgan fingerprint density at radius 3 is 2.00 bits per heavy atom. The fraction of sp³-hybridized carbons (Fsp3) is 0.900. The first-order valence-electron chi connectivity index (χ1n) is 4.94. The highest BCUT2D eigenvalue weighted by Gasteiger charge is 1.92. The minimum absolute atomic E-state index is 1.08. The van der Waals surface area contributed by atoms with E-state index in [9.17, 15) is 0 Å². The van der Waals surface area contributed by atoms with Gasteiger partial charge in [-0.15, -0.1) is 0 Å². The molecule has 0 radical (unpaired) electrons. The van der Waals surface area contributed by atoms with E-state index in [2.05, 4.69) is 28.9 Å². The van der Waals surface area contributed by atoms with Crippen LogP contribution in [0.15, 0.2) is 4.99 Å². The summed E-state index contributed by atoms with van der Waals surface area (Å²) in [5, 5.41) is 0. The quantitative estimate of drug-likeness (QED) is 0.480. The SMILES string of the molecule is CC.CN=CN(C)CCCN(C)C. The number of rotatable bonds is 5. The van der Waals surface area contributed by atoms with Crippen molar-refractivity contribution in [1.29, 1.82) is 0 Å². The highest BCUT2D eigenvalue weighted by Crippen LogP contribution is 1.85. The van der Waals surface area contributed by atoms with E-state index in [0.29, 0.717) is 0 Å². The average molecular weight is 187 g/mol. The van der Waals surface area contributed by atoms with Gasteiger partial charge < -0.3 is 9.80 Å². The molecule has 0 aromatic rings. The molecule has 0 heterocycles. The van der Waals surface area contributed by atoms with Gasteiger partial charge in [0.05, 0.1) is 6.34 Å². The Hall–Kier alpha value is -0.570. The van der Waals surface area contributed by atoms with Gasteiger partial charge in [0.15, 0.2) is 0 Å². The van der Waals surface area contributed by atoms with Crippen molar-refractivity contribution in [3.05, 3.63) is 0 Å². The first-order valence-corrected chi connectivity index (χ1v) is 4.94. The van der Waals surface area contributed by atoms with Crippen molar-refractivity contribution in [1.82, 2.24) is 9.80 Å². The Balaban J connectivity index is 0. The summed E-state index contributed by atoms with van der Waals surface area (Å²) < 4.78 is 0. The number of aliphatic imine (C=N–C) groups is 1. The second-order valence-electron chi connectivity index (χ2n) is 3.01. The van der Waals surface area contributed by atoms with E-state index in [1.807, 2.05) is 27.2 Å². The van der Waals surface area contributed by atoms with Crippen molar-refractivity contribution in [3.8, 4) is 0 Å². The molecule has 3 nitrogen and oxygen atoms in total. The Kier molecular flexibility index (Phi) is 13.1. The van der Waals surface area contributed by atoms with Crippen LogP contribution in [0.3, 0.4) is 0 Å². The summed E-state index contributed by atoms with van der Waals surface area (Å²) in [4.78, 5) is 8.21. The predicted octanol–water partition coefficient (Wildman–Crippen LogP) is 1.55. The summed E-state index contributed by atoms with van der Waals surface area (Å²) in [7, 11) is 8.02. The van der Waals surface area contributed by atoms with E-state index >= 15 is 0 Å². The van der Waals surface area contributed by atoms with Crippen LogP contribution < -0.4 is 0 Å². The fourth-order valence-corrected chi connectivity index (χ4v) is 0.891.